The van der Waals surface area contributed by atoms with E-state index >= 15 is 0 Å². The molecule has 0 saturated carbocycles. The molecule has 6 nitrogen and oxygen atoms in total. The van der Waals surface area contributed by atoms with Crippen molar-refractivity contribution in [2.75, 3.05) is 17.3 Å². The second kappa shape index (κ2) is 7.33. The minimum absolute atomic E-state index is 0.109. The Kier molecular flexibility index (Phi) is 5.67. The zero-order valence-corrected chi connectivity index (χ0v) is 14.6. The predicted molar refractivity (Wildman–Crippen MR) is 90.7 cm³/mol. The van der Waals surface area contributed by atoms with Gasteiger partial charge < -0.3 is 5.32 Å². The van der Waals surface area contributed by atoms with Crippen molar-refractivity contribution in [3.05, 3.63) is 46.1 Å². The minimum atomic E-state index is -3.18. The van der Waals surface area contributed by atoms with Crippen LogP contribution in [0.1, 0.15) is 12.0 Å². The van der Waals surface area contributed by atoms with Crippen molar-refractivity contribution in [2.45, 2.75) is 13.0 Å². The molecule has 124 valence electrons. The average molecular weight is 376 g/mol. The summed E-state index contributed by atoms with van der Waals surface area (Å²) in [4.78, 5) is 11.8. The summed E-state index contributed by atoms with van der Waals surface area (Å²) >= 11 is 12.1. The molecular formula is C14H15Cl2N3O3S. The first-order chi connectivity index (χ1) is 10.8. The highest BCUT2D eigenvalue weighted by atomic mass is 35.5. The van der Waals surface area contributed by atoms with Gasteiger partial charge in [-0.15, -0.1) is 0 Å². The Morgan fingerprint density at radius 1 is 1.30 bits per heavy atom. The van der Waals surface area contributed by atoms with E-state index in [0.717, 1.165) is 11.8 Å². The van der Waals surface area contributed by atoms with Crippen LogP contribution in [0, 0.1) is 0 Å². The molecule has 0 unspecified atom stereocenters. The van der Waals surface area contributed by atoms with E-state index in [0.29, 0.717) is 22.4 Å². The van der Waals surface area contributed by atoms with Gasteiger partial charge in [-0.1, -0.05) is 35.3 Å². The van der Waals surface area contributed by atoms with E-state index in [4.69, 9.17) is 23.2 Å². The summed E-state index contributed by atoms with van der Waals surface area (Å²) in [6.07, 6.45) is 2.51. The number of benzene rings is 1. The Morgan fingerprint density at radius 3 is 2.74 bits per heavy atom. The van der Waals surface area contributed by atoms with Crippen molar-refractivity contribution in [1.82, 2.24) is 9.78 Å². The summed E-state index contributed by atoms with van der Waals surface area (Å²) in [5.41, 5.74) is 0.759. The van der Waals surface area contributed by atoms with Crippen LogP contribution in [-0.2, 0) is 21.2 Å². The van der Waals surface area contributed by atoms with E-state index in [1.54, 1.807) is 22.9 Å². The van der Waals surface area contributed by atoms with Crippen LogP contribution < -0.4 is 5.32 Å². The SMILES string of the molecule is CS(=O)(=O)CCC(=O)Nc1ccnn1Cc1cccc(Cl)c1Cl. The molecule has 0 bridgehead atoms. The number of nitrogens with one attached hydrogen (secondary N) is 1. The van der Waals surface area contributed by atoms with E-state index in [2.05, 4.69) is 10.4 Å². The van der Waals surface area contributed by atoms with Gasteiger partial charge in [0.2, 0.25) is 5.91 Å². The van der Waals surface area contributed by atoms with Crippen LogP contribution in [0.25, 0.3) is 0 Å². The number of hydrogen-bond acceptors (Lipinski definition) is 4. The van der Waals surface area contributed by atoms with Crippen molar-refractivity contribution in [3.63, 3.8) is 0 Å². The van der Waals surface area contributed by atoms with Gasteiger partial charge in [-0.2, -0.15) is 5.10 Å². The first kappa shape index (κ1) is 17.8. The maximum absolute atomic E-state index is 11.8. The van der Waals surface area contributed by atoms with Gasteiger partial charge in [0.25, 0.3) is 0 Å². The number of sulfone groups is 1. The Labute approximate surface area is 144 Å². The summed E-state index contributed by atoms with van der Waals surface area (Å²) in [7, 11) is -3.18. The van der Waals surface area contributed by atoms with E-state index in [1.165, 1.54) is 6.20 Å². The van der Waals surface area contributed by atoms with Crippen molar-refractivity contribution in [2.24, 2.45) is 0 Å². The molecule has 0 atom stereocenters. The number of halogens is 2. The van der Waals surface area contributed by atoms with Crippen LogP contribution in [0.5, 0.6) is 0 Å². The van der Waals surface area contributed by atoms with Crippen LogP contribution in [0.3, 0.4) is 0 Å². The number of carbonyl (C=O) groups excluding carboxylic acids is 1. The van der Waals surface area contributed by atoms with E-state index in [9.17, 15) is 13.2 Å². The summed E-state index contributed by atoms with van der Waals surface area (Å²) in [5, 5.41) is 7.63. The van der Waals surface area contributed by atoms with E-state index < -0.39 is 15.7 Å². The molecule has 2 rings (SSSR count). The lowest BCUT2D eigenvalue weighted by atomic mass is 10.2. The van der Waals surface area contributed by atoms with Gasteiger partial charge >= 0.3 is 0 Å². The summed E-state index contributed by atoms with van der Waals surface area (Å²) in [6, 6.07) is 6.89. The summed E-state index contributed by atoms with van der Waals surface area (Å²) in [6.45, 7) is 0.327. The third-order valence-electron chi connectivity index (χ3n) is 3.04. The number of anilines is 1. The normalized spacial score (nSPS) is 11.4. The number of amides is 1. The van der Waals surface area contributed by atoms with Crippen LogP contribution in [0.15, 0.2) is 30.5 Å². The lowest BCUT2D eigenvalue weighted by molar-refractivity contribution is -0.115. The fourth-order valence-corrected chi connectivity index (χ4v) is 2.82. The van der Waals surface area contributed by atoms with Crippen molar-refractivity contribution >= 4 is 44.8 Å². The molecule has 1 heterocycles. The first-order valence-corrected chi connectivity index (χ1v) is 9.50. The Hall–Kier alpha value is -1.57. The Morgan fingerprint density at radius 2 is 2.04 bits per heavy atom. The molecule has 1 aromatic heterocycles. The molecule has 0 radical (unpaired) electrons. The zero-order valence-electron chi connectivity index (χ0n) is 12.3. The van der Waals surface area contributed by atoms with Gasteiger partial charge in [0.05, 0.1) is 28.5 Å². The first-order valence-electron chi connectivity index (χ1n) is 6.68. The van der Waals surface area contributed by atoms with Gasteiger partial charge in [-0.25, -0.2) is 13.1 Å². The fourth-order valence-electron chi connectivity index (χ4n) is 1.88. The average Bonchev–Trinajstić information content (AvgIpc) is 2.88. The van der Waals surface area contributed by atoms with Crippen molar-refractivity contribution in [3.8, 4) is 0 Å². The molecule has 23 heavy (non-hydrogen) atoms. The number of nitrogens with zero attached hydrogens (tertiary/aromatic N) is 2. The smallest absolute Gasteiger partial charge is 0.226 e. The zero-order chi connectivity index (χ0) is 17.0. The number of rotatable bonds is 6. The third kappa shape index (κ3) is 5.23. The van der Waals surface area contributed by atoms with Gasteiger partial charge in [0, 0.05) is 18.7 Å². The van der Waals surface area contributed by atoms with Gasteiger partial charge in [0.15, 0.2) is 0 Å². The highest BCUT2D eigenvalue weighted by Gasteiger charge is 2.12. The molecule has 0 aliphatic carbocycles. The van der Waals surface area contributed by atoms with Crippen LogP contribution in [0.4, 0.5) is 5.82 Å². The molecule has 1 amide bonds. The lowest BCUT2D eigenvalue weighted by Crippen LogP contribution is -2.19. The van der Waals surface area contributed by atoms with Crippen molar-refractivity contribution in [1.29, 1.82) is 0 Å². The maximum atomic E-state index is 11.8. The topological polar surface area (TPSA) is 81.1 Å². The molecule has 0 fully saturated rings. The molecule has 1 aromatic carbocycles. The molecular weight excluding hydrogens is 361 g/mol. The number of carbonyl (C=O) groups is 1. The second-order valence-corrected chi connectivity index (χ2v) is 8.06. The minimum Gasteiger partial charge on any atom is -0.311 e. The van der Waals surface area contributed by atoms with Crippen LogP contribution in [-0.4, -0.2) is 36.1 Å². The molecule has 2 aromatic rings. The molecule has 9 heteroatoms. The molecule has 0 spiro atoms. The molecule has 0 saturated heterocycles. The monoisotopic (exact) mass is 375 g/mol. The molecule has 0 aliphatic rings. The van der Waals surface area contributed by atoms with E-state index in [-0.39, 0.29) is 12.2 Å². The Bertz CT molecular complexity index is 818. The number of aromatic nitrogens is 2. The van der Waals surface area contributed by atoms with Crippen LogP contribution >= 0.6 is 23.2 Å². The molecule has 0 aliphatic heterocycles. The highest BCUT2D eigenvalue weighted by Crippen LogP contribution is 2.26. The highest BCUT2D eigenvalue weighted by molar-refractivity contribution is 7.90. The van der Waals surface area contributed by atoms with Gasteiger partial charge in [-0.3, -0.25) is 4.79 Å². The Balaban J connectivity index is 2.08. The van der Waals surface area contributed by atoms with Gasteiger partial charge in [-0.05, 0) is 11.6 Å². The third-order valence-corrected chi connectivity index (χ3v) is 4.84. The lowest BCUT2D eigenvalue weighted by Gasteiger charge is -2.10. The maximum Gasteiger partial charge on any atom is 0.226 e. The largest absolute Gasteiger partial charge is 0.311 e. The second-order valence-electron chi connectivity index (χ2n) is 5.02. The standard InChI is InChI=1S/C14H15Cl2N3O3S/c1-23(21,22)8-6-13(20)18-12-5-7-17-19(12)9-10-3-2-4-11(15)14(10)16/h2-5,7H,6,8-9H2,1H3,(H,18,20). The van der Waals surface area contributed by atoms with Crippen molar-refractivity contribution < 1.29 is 13.2 Å². The van der Waals surface area contributed by atoms with E-state index in [1.807, 2.05) is 6.07 Å². The summed E-state index contributed by atoms with van der Waals surface area (Å²) < 4.78 is 23.7. The fraction of sp³-hybridized carbons (Fsp3) is 0.286. The van der Waals surface area contributed by atoms with Crippen LogP contribution in [0.2, 0.25) is 10.0 Å². The summed E-state index contributed by atoms with van der Waals surface area (Å²) in [5.74, 6) is -0.137. The quantitative estimate of drug-likeness (QED) is 0.841. The van der Waals surface area contributed by atoms with Gasteiger partial charge in [0.1, 0.15) is 15.7 Å². The molecule has 1 N–H and O–H groups in total. The number of hydrogen-bond donors (Lipinski definition) is 1. The predicted octanol–water partition coefficient (Wildman–Crippen LogP) is 2.61.